The Kier molecular flexibility index (Phi) is 18.8. The van der Waals surface area contributed by atoms with Crippen LogP contribution in [-0.2, 0) is 49.7 Å². The van der Waals surface area contributed by atoms with Crippen LogP contribution in [0.4, 0.5) is 11.4 Å². The van der Waals surface area contributed by atoms with Crippen LogP contribution in [0.15, 0.2) is 130 Å². The number of hydrogen-bond donors (Lipinski definition) is 4. The van der Waals surface area contributed by atoms with Crippen LogP contribution in [0.3, 0.4) is 0 Å². The Morgan fingerprint density at radius 2 is 1.21 bits per heavy atom. The Labute approximate surface area is 346 Å². The number of nitrogens with zero attached hydrogens (tertiary/aromatic N) is 4. The minimum atomic E-state index is -0.578. The fourth-order valence-corrected chi connectivity index (χ4v) is 6.12. The summed E-state index contributed by atoms with van der Waals surface area (Å²) in [5.74, 6) is -0.602. The van der Waals surface area contributed by atoms with Gasteiger partial charge in [-0.15, -0.1) is 28.3 Å². The van der Waals surface area contributed by atoms with Crippen LogP contribution in [0.2, 0.25) is 0 Å². The summed E-state index contributed by atoms with van der Waals surface area (Å²) in [7, 11) is 0. The van der Waals surface area contributed by atoms with Crippen molar-refractivity contribution < 1.29 is 24.0 Å². The number of amides is 3. The number of aryl methyl sites for hydroxylation is 2. The van der Waals surface area contributed by atoms with Gasteiger partial charge in [0.05, 0.1) is 22.8 Å². The number of alkyl halides is 2. The molecule has 0 unspecified atom stereocenters. The zero-order chi connectivity index (χ0) is 41.5. The number of carbonyl (C=O) groups is 3. The Morgan fingerprint density at radius 3 is 1.76 bits per heavy atom. The van der Waals surface area contributed by atoms with E-state index in [0.29, 0.717) is 25.0 Å². The lowest BCUT2D eigenvalue weighted by Crippen LogP contribution is -2.45. The van der Waals surface area contributed by atoms with E-state index in [-0.39, 0.29) is 35.3 Å². The van der Waals surface area contributed by atoms with E-state index in [1.54, 1.807) is 0 Å². The van der Waals surface area contributed by atoms with Gasteiger partial charge in [-0.05, 0) is 60.1 Å². The predicted molar refractivity (Wildman–Crippen MR) is 229 cm³/mol. The quantitative estimate of drug-likeness (QED) is 0.165. The van der Waals surface area contributed by atoms with E-state index in [1.807, 2.05) is 103 Å². The number of fused-ring (bicyclic) bond motifs is 2. The summed E-state index contributed by atoms with van der Waals surface area (Å²) >= 11 is 9.53. The smallest absolute Gasteiger partial charge is 0.339 e. The highest BCUT2D eigenvalue weighted by Gasteiger charge is 2.28. The molecule has 0 radical (unpaired) electrons. The second-order valence-corrected chi connectivity index (χ2v) is 13.9. The Morgan fingerprint density at radius 1 is 0.707 bits per heavy atom. The van der Waals surface area contributed by atoms with E-state index >= 15 is 0 Å². The topological polar surface area (TPSA) is 197 Å². The molecule has 4 heterocycles. The van der Waals surface area contributed by atoms with Gasteiger partial charge in [0.15, 0.2) is 0 Å². The van der Waals surface area contributed by atoms with E-state index in [1.165, 1.54) is 11.1 Å². The van der Waals surface area contributed by atoms with E-state index < -0.39 is 6.04 Å². The Balaban J connectivity index is 0.000000199. The molecule has 300 valence electrons. The van der Waals surface area contributed by atoms with Crippen molar-refractivity contribution in [3.63, 3.8) is 0 Å². The van der Waals surface area contributed by atoms with Crippen LogP contribution in [0.5, 0.6) is 0 Å². The molecule has 3 amide bonds. The number of rotatable bonds is 6. The number of para-hydroxylation sites is 2. The summed E-state index contributed by atoms with van der Waals surface area (Å²) in [6, 6.07) is 34.9. The fourth-order valence-electron chi connectivity index (χ4n) is 6.12. The van der Waals surface area contributed by atoms with Crippen molar-refractivity contribution in [2.45, 2.75) is 63.5 Å². The molecule has 0 bridgehead atoms. The molecule has 0 spiro atoms. The maximum atomic E-state index is 12.5. The number of benzene rings is 4. The van der Waals surface area contributed by atoms with Gasteiger partial charge in [0, 0.05) is 43.3 Å². The van der Waals surface area contributed by atoms with Gasteiger partial charge >= 0.3 is 6.15 Å². The first-order chi connectivity index (χ1) is 28.2. The zero-order valence-electron chi connectivity index (χ0n) is 31.7. The van der Waals surface area contributed by atoms with Gasteiger partial charge in [-0.1, -0.05) is 97.1 Å². The van der Waals surface area contributed by atoms with E-state index in [0.717, 1.165) is 66.0 Å². The molecular weight excluding hydrogens is 779 g/mol. The highest BCUT2D eigenvalue weighted by Crippen LogP contribution is 2.22. The predicted octanol–water partition coefficient (Wildman–Crippen LogP) is 6.30. The summed E-state index contributed by atoms with van der Waals surface area (Å²) in [6.45, 7) is 0. The molecule has 8 rings (SSSR count). The van der Waals surface area contributed by atoms with Gasteiger partial charge in [0.25, 0.3) is 5.91 Å². The number of nitrogens with two attached hydrogens (primary N) is 1. The highest BCUT2D eigenvalue weighted by molar-refractivity contribution is 6.43. The van der Waals surface area contributed by atoms with Crippen molar-refractivity contribution in [1.29, 1.82) is 0 Å². The van der Waals surface area contributed by atoms with E-state index in [2.05, 4.69) is 48.5 Å². The molecule has 4 aromatic carbocycles. The maximum Gasteiger partial charge on any atom is 0.373 e. The second kappa shape index (κ2) is 24.5. The van der Waals surface area contributed by atoms with Crippen LogP contribution >= 0.6 is 23.2 Å². The molecule has 5 N–H and O–H groups in total. The van der Waals surface area contributed by atoms with Gasteiger partial charge < -0.3 is 21.7 Å². The van der Waals surface area contributed by atoms with Crippen LogP contribution in [0, 0.1) is 0 Å². The summed E-state index contributed by atoms with van der Waals surface area (Å²) in [5.41, 5.74) is 14.4. The number of halogens is 2. The summed E-state index contributed by atoms with van der Waals surface area (Å²) < 4.78 is 0. The van der Waals surface area contributed by atoms with Crippen LogP contribution in [0.1, 0.15) is 47.9 Å². The molecule has 15 heteroatoms. The van der Waals surface area contributed by atoms with Gasteiger partial charge in [0.2, 0.25) is 11.8 Å². The van der Waals surface area contributed by atoms with Crippen molar-refractivity contribution in [1.82, 2.24) is 5.32 Å². The second-order valence-electron chi connectivity index (χ2n) is 13.1. The minimum absolute atomic E-state index is 0.0787. The summed E-state index contributed by atoms with van der Waals surface area (Å²) in [4.78, 5) is 52.6. The van der Waals surface area contributed by atoms with E-state index in [4.69, 9.17) is 38.5 Å². The zero-order valence-corrected chi connectivity index (χ0v) is 33.2. The number of nitrogens with one attached hydrogen (secondary N) is 3. The minimum Gasteiger partial charge on any atom is -0.339 e. The van der Waals surface area contributed by atoms with Crippen LogP contribution in [0.25, 0.3) is 0 Å². The lowest BCUT2D eigenvalue weighted by Gasteiger charge is -2.15. The van der Waals surface area contributed by atoms with Crippen molar-refractivity contribution in [3.8, 4) is 0 Å². The third-order valence-corrected chi connectivity index (χ3v) is 8.99. The Hall–Kier alpha value is -6.11. The molecule has 58 heavy (non-hydrogen) atoms. The fraction of sp³-hybridized carbons (Fsp3) is 0.256. The van der Waals surface area contributed by atoms with Crippen LogP contribution < -0.4 is 21.7 Å². The standard InChI is InChI=1S/C21H20N4O2.C10H12N2O.C10H10N2.CH2Cl2.CO2/c26-20-18(11-10-15-8-4-5-9-17(15)22-20)23-21(27)19-13-16(24-25-19)12-14-6-2-1-3-7-14;11-8-6-5-7-3-1-2-4-9(7)12-10(8)13;1-2-4-9(5-3-1)8-10-6-7-11-12-10;2*2-1-3/h1-9,18H,10-13H2,(H,22,26)(H,23,27);1-4,8H,5-6,11H2,(H,12,13);1-5,7H,6,8H2;1H2;/t18-;8-;;;/m00.../s1. The summed E-state index contributed by atoms with van der Waals surface area (Å²) in [5, 5.41) is 24.7. The molecule has 2 atom stereocenters. The molecule has 0 saturated heterocycles. The van der Waals surface area contributed by atoms with Crippen molar-refractivity contribution >= 4 is 81.8 Å². The Bertz CT molecular complexity index is 2140. The maximum absolute atomic E-state index is 12.5. The monoisotopic (exact) mass is 822 g/mol. The van der Waals surface area contributed by atoms with Gasteiger partial charge in [0.1, 0.15) is 11.8 Å². The molecule has 0 fully saturated rings. The number of hydrogen-bond acceptors (Lipinski definition) is 10. The van der Waals surface area contributed by atoms with Crippen molar-refractivity contribution in [2.24, 2.45) is 26.1 Å². The number of carbonyl (C=O) groups excluding carboxylic acids is 5. The lowest BCUT2D eigenvalue weighted by atomic mass is 10.0. The third kappa shape index (κ3) is 14.8. The van der Waals surface area contributed by atoms with Crippen molar-refractivity contribution in [3.05, 3.63) is 131 Å². The average molecular weight is 824 g/mol. The SMILES string of the molecule is C1=NN=C(Cc2ccccc2)C1.ClCCl.N[C@H]1CCc2ccccc2NC1=O.O=C(N[C@H]1CCc2ccccc2NC1=O)C1=NN=C(Cc2ccccc2)C1.O=C=O. The van der Waals surface area contributed by atoms with Gasteiger partial charge in [-0.3, -0.25) is 14.4 Å². The van der Waals surface area contributed by atoms with Crippen LogP contribution in [-0.4, -0.2) is 64.6 Å². The average Bonchev–Trinajstić information content (AvgIpc) is 3.88. The molecule has 13 nitrogen and oxygen atoms in total. The molecule has 4 aromatic rings. The molecular formula is C43H44Cl2N8O5. The molecule has 4 aliphatic heterocycles. The largest absolute Gasteiger partial charge is 0.373 e. The molecule has 0 aromatic heterocycles. The first kappa shape index (κ1) is 44.6. The van der Waals surface area contributed by atoms with Crippen molar-refractivity contribution in [2.75, 3.05) is 16.0 Å². The molecule has 0 saturated carbocycles. The van der Waals surface area contributed by atoms with Gasteiger partial charge in [-0.2, -0.15) is 24.9 Å². The molecule has 0 aliphatic carbocycles. The van der Waals surface area contributed by atoms with Gasteiger partial charge in [-0.25, -0.2) is 0 Å². The lowest BCUT2D eigenvalue weighted by molar-refractivity contribution is -0.191. The molecule has 4 aliphatic rings. The highest BCUT2D eigenvalue weighted by atomic mass is 35.5. The van der Waals surface area contributed by atoms with E-state index in [9.17, 15) is 14.4 Å². The third-order valence-electron chi connectivity index (χ3n) is 8.99. The first-order valence-electron chi connectivity index (χ1n) is 18.5. The first-order valence-corrected chi connectivity index (χ1v) is 19.5. The normalized spacial score (nSPS) is 17.1. The number of anilines is 2. The summed E-state index contributed by atoms with van der Waals surface area (Å²) in [6.07, 6.45) is 7.89.